The Bertz CT molecular complexity index is 656. The minimum absolute atomic E-state index is 0.389. The van der Waals surface area contributed by atoms with Crippen LogP contribution in [0.4, 0.5) is 5.82 Å². The van der Waals surface area contributed by atoms with E-state index >= 15 is 0 Å². The molecule has 1 aliphatic heterocycles. The van der Waals surface area contributed by atoms with Crippen LogP contribution < -0.4 is 5.32 Å². The fraction of sp³-hybridized carbons (Fsp3) is 0.538. The largest absolute Gasteiger partial charge is 0.458 e. The SMILES string of the molecule is CNc1ncnc2c([C@@H]3O[C@H](CO)[C@@H](O)[C@@]3(C)O)coc12. The predicted molar refractivity (Wildman–Crippen MR) is 72.7 cm³/mol. The Morgan fingerprint density at radius 3 is 2.81 bits per heavy atom. The van der Waals surface area contributed by atoms with Gasteiger partial charge in [-0.25, -0.2) is 9.97 Å². The third-order valence-corrected chi connectivity index (χ3v) is 3.87. The van der Waals surface area contributed by atoms with Gasteiger partial charge in [-0.05, 0) is 6.92 Å². The summed E-state index contributed by atoms with van der Waals surface area (Å²) in [4.78, 5) is 8.19. The van der Waals surface area contributed by atoms with E-state index in [2.05, 4.69) is 15.3 Å². The van der Waals surface area contributed by atoms with Gasteiger partial charge < -0.3 is 29.8 Å². The zero-order chi connectivity index (χ0) is 15.2. The second-order valence-corrected chi connectivity index (χ2v) is 5.25. The van der Waals surface area contributed by atoms with E-state index < -0.39 is 23.9 Å². The number of aromatic nitrogens is 2. The zero-order valence-electron chi connectivity index (χ0n) is 11.6. The number of nitrogens with one attached hydrogen (secondary N) is 1. The molecule has 4 atom stereocenters. The lowest BCUT2D eigenvalue weighted by Gasteiger charge is -2.25. The Morgan fingerprint density at radius 2 is 2.19 bits per heavy atom. The molecule has 0 unspecified atom stereocenters. The number of nitrogens with zero attached hydrogens (tertiary/aromatic N) is 2. The van der Waals surface area contributed by atoms with Gasteiger partial charge in [-0.1, -0.05) is 0 Å². The molecule has 21 heavy (non-hydrogen) atoms. The van der Waals surface area contributed by atoms with Crippen LogP contribution in [0.15, 0.2) is 17.0 Å². The minimum atomic E-state index is -1.56. The number of aliphatic hydroxyl groups is 3. The van der Waals surface area contributed by atoms with E-state index in [1.165, 1.54) is 19.5 Å². The molecule has 0 aliphatic carbocycles. The molecule has 1 aliphatic rings. The third kappa shape index (κ3) is 1.99. The smallest absolute Gasteiger partial charge is 0.194 e. The van der Waals surface area contributed by atoms with Gasteiger partial charge in [-0.2, -0.15) is 0 Å². The van der Waals surface area contributed by atoms with E-state index in [0.29, 0.717) is 22.5 Å². The topological polar surface area (TPSA) is 121 Å². The predicted octanol–water partition coefficient (Wildman–Crippen LogP) is -0.191. The Kier molecular flexibility index (Phi) is 3.33. The van der Waals surface area contributed by atoms with E-state index in [1.54, 1.807) is 7.05 Å². The van der Waals surface area contributed by atoms with Gasteiger partial charge in [0, 0.05) is 12.6 Å². The van der Waals surface area contributed by atoms with Crippen LogP contribution in [-0.2, 0) is 4.74 Å². The monoisotopic (exact) mass is 295 g/mol. The number of hydrogen-bond donors (Lipinski definition) is 4. The van der Waals surface area contributed by atoms with E-state index in [-0.39, 0.29) is 6.61 Å². The number of aliphatic hydroxyl groups excluding tert-OH is 2. The Morgan fingerprint density at radius 1 is 1.43 bits per heavy atom. The van der Waals surface area contributed by atoms with Crippen molar-refractivity contribution in [1.29, 1.82) is 0 Å². The number of rotatable bonds is 3. The van der Waals surface area contributed by atoms with E-state index in [9.17, 15) is 15.3 Å². The summed E-state index contributed by atoms with van der Waals surface area (Å²) in [6, 6.07) is 0. The van der Waals surface area contributed by atoms with Crippen molar-refractivity contribution in [3.63, 3.8) is 0 Å². The summed E-state index contributed by atoms with van der Waals surface area (Å²) >= 11 is 0. The summed E-state index contributed by atoms with van der Waals surface area (Å²) in [6.07, 6.45) is -0.128. The van der Waals surface area contributed by atoms with Crippen LogP contribution >= 0.6 is 0 Å². The molecule has 0 amide bonds. The maximum atomic E-state index is 10.5. The van der Waals surface area contributed by atoms with Gasteiger partial charge >= 0.3 is 0 Å². The number of hydrogen-bond acceptors (Lipinski definition) is 8. The normalized spacial score (nSPS) is 32.7. The number of fused-ring (bicyclic) bond motifs is 1. The van der Waals surface area contributed by atoms with Gasteiger partial charge in [0.2, 0.25) is 0 Å². The Labute approximate surface area is 120 Å². The van der Waals surface area contributed by atoms with Gasteiger partial charge in [-0.15, -0.1) is 0 Å². The molecular formula is C13H17N3O5. The standard InChI is InChI=1S/C13H17N3O5/c1-13(19)10(18)7(3-17)21-11(13)6-4-20-9-8(6)15-5-16-12(9)14-2/h4-5,7,10-11,17-19H,3H2,1-2H3,(H,14,15,16)/t7-,10-,11+,13-/m1/s1. The van der Waals surface area contributed by atoms with Crippen molar-refractivity contribution in [2.45, 2.75) is 30.8 Å². The first-order valence-corrected chi connectivity index (χ1v) is 6.57. The van der Waals surface area contributed by atoms with Crippen molar-refractivity contribution in [3.8, 4) is 0 Å². The fourth-order valence-corrected chi connectivity index (χ4v) is 2.68. The molecule has 3 heterocycles. The lowest BCUT2D eigenvalue weighted by atomic mass is 9.89. The second-order valence-electron chi connectivity index (χ2n) is 5.25. The molecule has 4 N–H and O–H groups in total. The molecule has 8 nitrogen and oxygen atoms in total. The van der Waals surface area contributed by atoms with Crippen LogP contribution in [0.1, 0.15) is 18.6 Å². The van der Waals surface area contributed by atoms with Gasteiger partial charge in [0.05, 0.1) is 12.9 Å². The van der Waals surface area contributed by atoms with Gasteiger partial charge in [-0.3, -0.25) is 0 Å². The molecule has 1 saturated heterocycles. The minimum Gasteiger partial charge on any atom is -0.458 e. The number of anilines is 1. The Hall–Kier alpha value is -1.74. The fourth-order valence-electron chi connectivity index (χ4n) is 2.68. The van der Waals surface area contributed by atoms with E-state index in [1.807, 2.05) is 0 Å². The quantitative estimate of drug-likeness (QED) is 0.615. The molecule has 2 aromatic rings. The first-order chi connectivity index (χ1) is 10.0. The first-order valence-electron chi connectivity index (χ1n) is 6.57. The molecule has 8 heteroatoms. The average molecular weight is 295 g/mol. The molecule has 2 aromatic heterocycles. The molecule has 0 radical (unpaired) electrons. The van der Waals surface area contributed by atoms with Crippen molar-refractivity contribution in [2.24, 2.45) is 0 Å². The summed E-state index contributed by atoms with van der Waals surface area (Å²) < 4.78 is 11.0. The van der Waals surface area contributed by atoms with Crippen molar-refractivity contribution < 1.29 is 24.5 Å². The molecule has 3 rings (SSSR count). The van der Waals surface area contributed by atoms with Crippen LogP contribution in [-0.4, -0.2) is 56.8 Å². The van der Waals surface area contributed by atoms with Gasteiger partial charge in [0.25, 0.3) is 0 Å². The highest BCUT2D eigenvalue weighted by Crippen LogP contribution is 2.44. The van der Waals surface area contributed by atoms with Crippen LogP contribution in [0.2, 0.25) is 0 Å². The Balaban J connectivity index is 2.09. The zero-order valence-corrected chi connectivity index (χ0v) is 11.6. The highest BCUT2D eigenvalue weighted by molar-refractivity contribution is 5.86. The average Bonchev–Trinajstić information content (AvgIpc) is 2.99. The highest BCUT2D eigenvalue weighted by Gasteiger charge is 2.53. The van der Waals surface area contributed by atoms with Crippen molar-refractivity contribution in [3.05, 3.63) is 18.2 Å². The maximum absolute atomic E-state index is 10.5. The molecule has 1 fully saturated rings. The van der Waals surface area contributed by atoms with Crippen LogP contribution in [0, 0.1) is 0 Å². The van der Waals surface area contributed by atoms with Crippen molar-refractivity contribution in [1.82, 2.24) is 9.97 Å². The summed E-state index contributed by atoms with van der Waals surface area (Å²) in [5.41, 5.74) is -0.125. The van der Waals surface area contributed by atoms with Gasteiger partial charge in [0.15, 0.2) is 11.4 Å². The lowest BCUT2D eigenvalue weighted by Crippen LogP contribution is -2.42. The van der Waals surface area contributed by atoms with E-state index in [4.69, 9.17) is 9.15 Å². The molecule has 114 valence electrons. The molecular weight excluding hydrogens is 278 g/mol. The van der Waals surface area contributed by atoms with Crippen LogP contribution in [0.25, 0.3) is 11.1 Å². The summed E-state index contributed by atoms with van der Waals surface area (Å²) in [7, 11) is 1.71. The highest BCUT2D eigenvalue weighted by atomic mass is 16.6. The third-order valence-electron chi connectivity index (χ3n) is 3.87. The van der Waals surface area contributed by atoms with Crippen molar-refractivity contribution in [2.75, 3.05) is 19.0 Å². The van der Waals surface area contributed by atoms with Crippen molar-refractivity contribution >= 4 is 16.9 Å². The number of ether oxygens (including phenoxy) is 1. The molecule has 0 bridgehead atoms. The van der Waals surface area contributed by atoms with Crippen LogP contribution in [0.5, 0.6) is 0 Å². The molecule has 0 spiro atoms. The summed E-state index contributed by atoms with van der Waals surface area (Å²) in [5.74, 6) is 0.517. The molecule has 0 saturated carbocycles. The summed E-state index contributed by atoms with van der Waals surface area (Å²) in [5, 5.41) is 32.7. The van der Waals surface area contributed by atoms with Crippen LogP contribution in [0.3, 0.4) is 0 Å². The summed E-state index contributed by atoms with van der Waals surface area (Å²) in [6.45, 7) is 1.07. The second kappa shape index (κ2) is 4.92. The van der Waals surface area contributed by atoms with Gasteiger partial charge in [0.1, 0.15) is 35.8 Å². The molecule has 0 aromatic carbocycles. The first kappa shape index (κ1) is 14.2. The maximum Gasteiger partial charge on any atom is 0.194 e. The number of furan rings is 1. The van der Waals surface area contributed by atoms with E-state index in [0.717, 1.165) is 0 Å². The lowest BCUT2D eigenvalue weighted by molar-refractivity contribution is -0.0643.